The first-order valence-corrected chi connectivity index (χ1v) is 10.1. The minimum atomic E-state index is -0.0487. The van der Waals surface area contributed by atoms with Crippen LogP contribution in [0.4, 0.5) is 0 Å². The maximum atomic E-state index is 12.5. The molecular formula is C19H19BrN2O3S. The minimum absolute atomic E-state index is 0.0487. The van der Waals surface area contributed by atoms with Gasteiger partial charge >= 0.3 is 0 Å². The molecule has 0 amide bonds. The van der Waals surface area contributed by atoms with Crippen LogP contribution < -0.4 is 20.3 Å². The average Bonchev–Trinajstić information content (AvgIpc) is 2.84. The molecule has 3 aromatic rings. The molecule has 0 aliphatic carbocycles. The van der Waals surface area contributed by atoms with Gasteiger partial charge in [-0.3, -0.25) is 4.79 Å². The number of benzene rings is 1. The van der Waals surface area contributed by atoms with E-state index in [0.717, 1.165) is 50.5 Å². The molecule has 136 valence electrons. The summed E-state index contributed by atoms with van der Waals surface area (Å²) in [7, 11) is 1.66. The van der Waals surface area contributed by atoms with Gasteiger partial charge in [0, 0.05) is 24.2 Å². The number of H-pyrrole nitrogens is 1. The van der Waals surface area contributed by atoms with Gasteiger partial charge in [0.2, 0.25) is 0 Å². The third-order valence-corrected chi connectivity index (χ3v) is 6.37. The molecule has 0 saturated heterocycles. The molecule has 4 rings (SSSR count). The van der Waals surface area contributed by atoms with Gasteiger partial charge in [0.1, 0.15) is 14.2 Å². The van der Waals surface area contributed by atoms with Crippen molar-refractivity contribution in [2.75, 3.05) is 13.7 Å². The molecule has 7 heteroatoms. The summed E-state index contributed by atoms with van der Waals surface area (Å²) < 4.78 is 12.7. The van der Waals surface area contributed by atoms with E-state index in [1.807, 2.05) is 24.3 Å². The zero-order valence-electron chi connectivity index (χ0n) is 14.4. The van der Waals surface area contributed by atoms with Crippen molar-refractivity contribution in [3.63, 3.8) is 0 Å². The lowest BCUT2D eigenvalue weighted by molar-refractivity contribution is 0.318. The van der Waals surface area contributed by atoms with Crippen LogP contribution in [0.15, 0.2) is 32.8 Å². The number of pyridine rings is 1. The quantitative estimate of drug-likeness (QED) is 0.637. The van der Waals surface area contributed by atoms with Gasteiger partial charge in [-0.15, -0.1) is 11.3 Å². The molecular weight excluding hydrogens is 416 g/mol. The summed E-state index contributed by atoms with van der Waals surface area (Å²) in [4.78, 5) is 15.6. The van der Waals surface area contributed by atoms with E-state index < -0.39 is 0 Å². The first kappa shape index (κ1) is 17.6. The van der Waals surface area contributed by atoms with Gasteiger partial charge in [-0.1, -0.05) is 12.1 Å². The first-order chi connectivity index (χ1) is 12.7. The number of nitrogens with one attached hydrogen (secondary N) is 2. The van der Waals surface area contributed by atoms with Gasteiger partial charge in [-0.05, 0) is 52.0 Å². The summed E-state index contributed by atoms with van der Waals surface area (Å²) in [6, 6.07) is 7.97. The van der Waals surface area contributed by atoms with E-state index in [2.05, 4.69) is 26.2 Å². The van der Waals surface area contributed by atoms with Crippen LogP contribution in [-0.2, 0) is 19.5 Å². The van der Waals surface area contributed by atoms with Crippen molar-refractivity contribution in [2.24, 2.45) is 0 Å². The van der Waals surface area contributed by atoms with Crippen LogP contribution in [0.25, 0.3) is 10.1 Å². The number of rotatable bonds is 5. The minimum Gasteiger partial charge on any atom is -0.497 e. The Balaban J connectivity index is 1.59. The molecule has 0 saturated carbocycles. The van der Waals surface area contributed by atoms with Crippen molar-refractivity contribution in [3.8, 4) is 11.5 Å². The highest BCUT2D eigenvalue weighted by atomic mass is 79.9. The Bertz CT molecular complexity index is 995. The second-order valence-corrected chi connectivity index (χ2v) is 8.56. The number of methoxy groups -OCH3 is 1. The zero-order valence-corrected chi connectivity index (χ0v) is 16.8. The number of hydrogen-bond acceptors (Lipinski definition) is 5. The highest BCUT2D eigenvalue weighted by molar-refractivity contribution is 9.11. The highest BCUT2D eigenvalue weighted by Crippen LogP contribution is 2.43. The number of thiophene rings is 1. The lowest BCUT2D eigenvalue weighted by atomic mass is 10.0. The van der Waals surface area contributed by atoms with Crippen molar-refractivity contribution >= 4 is 37.4 Å². The molecule has 0 spiro atoms. The number of ether oxygens (including phenoxy) is 2. The Labute approximate surface area is 163 Å². The van der Waals surface area contributed by atoms with Crippen molar-refractivity contribution in [3.05, 3.63) is 55.2 Å². The van der Waals surface area contributed by atoms with Crippen LogP contribution in [0.5, 0.6) is 11.5 Å². The van der Waals surface area contributed by atoms with E-state index in [1.165, 1.54) is 22.5 Å². The maximum Gasteiger partial charge on any atom is 0.266 e. The predicted molar refractivity (Wildman–Crippen MR) is 107 cm³/mol. The molecule has 0 bridgehead atoms. The van der Waals surface area contributed by atoms with Gasteiger partial charge in [0.15, 0.2) is 5.75 Å². The van der Waals surface area contributed by atoms with E-state index in [1.54, 1.807) is 7.11 Å². The second-order valence-electron chi connectivity index (χ2n) is 6.22. The fourth-order valence-electron chi connectivity index (χ4n) is 3.30. The van der Waals surface area contributed by atoms with Gasteiger partial charge in [-0.2, -0.15) is 0 Å². The Morgan fingerprint density at radius 3 is 2.88 bits per heavy atom. The van der Waals surface area contributed by atoms with Crippen LogP contribution >= 0.6 is 27.3 Å². The molecule has 1 aliphatic rings. The SMILES string of the molecule is COc1ccc(CNCc2[nH]c(=O)c3sc(Br)c4c3c2CCCO4)cc1. The smallest absolute Gasteiger partial charge is 0.266 e. The molecule has 26 heavy (non-hydrogen) atoms. The normalized spacial score (nSPS) is 13.5. The molecule has 0 atom stereocenters. The van der Waals surface area contributed by atoms with Crippen molar-refractivity contribution < 1.29 is 9.47 Å². The Morgan fingerprint density at radius 2 is 2.12 bits per heavy atom. The Kier molecular flexibility index (Phi) is 5.02. The predicted octanol–water partition coefficient (Wildman–Crippen LogP) is 3.98. The summed E-state index contributed by atoms with van der Waals surface area (Å²) in [5.74, 6) is 1.67. The first-order valence-electron chi connectivity index (χ1n) is 8.50. The van der Waals surface area contributed by atoms with Gasteiger partial charge in [0.25, 0.3) is 5.56 Å². The molecule has 2 aromatic heterocycles. The fraction of sp³-hybridized carbons (Fsp3) is 0.316. The number of aromatic nitrogens is 1. The topological polar surface area (TPSA) is 63.3 Å². The van der Waals surface area contributed by atoms with E-state index in [0.29, 0.717) is 13.2 Å². The van der Waals surface area contributed by atoms with Crippen molar-refractivity contribution in [1.82, 2.24) is 10.3 Å². The third kappa shape index (κ3) is 3.26. The summed E-state index contributed by atoms with van der Waals surface area (Å²) in [6.07, 6.45) is 1.85. The largest absolute Gasteiger partial charge is 0.497 e. The Hall–Kier alpha value is -1.83. The van der Waals surface area contributed by atoms with Crippen LogP contribution in [0.2, 0.25) is 0 Å². The number of aromatic amines is 1. The van der Waals surface area contributed by atoms with Crippen LogP contribution in [0.3, 0.4) is 0 Å². The van der Waals surface area contributed by atoms with Crippen LogP contribution in [0, 0.1) is 0 Å². The average molecular weight is 435 g/mol. The maximum absolute atomic E-state index is 12.5. The lowest BCUT2D eigenvalue weighted by Gasteiger charge is -2.11. The molecule has 0 unspecified atom stereocenters. The van der Waals surface area contributed by atoms with Gasteiger partial charge < -0.3 is 19.8 Å². The molecule has 0 fully saturated rings. The van der Waals surface area contributed by atoms with Crippen molar-refractivity contribution in [1.29, 1.82) is 0 Å². The highest BCUT2D eigenvalue weighted by Gasteiger charge is 2.23. The molecule has 2 N–H and O–H groups in total. The van der Waals surface area contributed by atoms with E-state index in [-0.39, 0.29) is 5.56 Å². The second kappa shape index (κ2) is 7.42. The standard InChI is InChI=1S/C19H19BrN2O3S/c1-24-12-6-4-11(5-7-12)9-21-10-14-13-3-2-8-25-16-15(13)17(19(23)22-14)26-18(16)20/h4-7,21H,2-3,8-10H2,1H3,(H,22,23). The third-order valence-electron chi connectivity index (χ3n) is 4.57. The number of halogens is 1. The molecule has 0 radical (unpaired) electrons. The molecule has 1 aromatic carbocycles. The molecule has 1 aliphatic heterocycles. The summed E-state index contributed by atoms with van der Waals surface area (Å²) in [5, 5.41) is 4.41. The van der Waals surface area contributed by atoms with Gasteiger partial charge in [-0.25, -0.2) is 0 Å². The number of aryl methyl sites for hydroxylation is 1. The van der Waals surface area contributed by atoms with E-state index >= 15 is 0 Å². The lowest BCUT2D eigenvalue weighted by Crippen LogP contribution is -2.19. The van der Waals surface area contributed by atoms with Crippen molar-refractivity contribution in [2.45, 2.75) is 25.9 Å². The molecule has 3 heterocycles. The zero-order chi connectivity index (χ0) is 18.1. The fourth-order valence-corrected chi connectivity index (χ4v) is 4.99. The van der Waals surface area contributed by atoms with E-state index in [4.69, 9.17) is 9.47 Å². The molecule has 5 nitrogen and oxygen atoms in total. The summed E-state index contributed by atoms with van der Waals surface area (Å²) >= 11 is 4.98. The van der Waals surface area contributed by atoms with E-state index in [9.17, 15) is 4.79 Å². The van der Waals surface area contributed by atoms with Crippen LogP contribution in [0.1, 0.15) is 23.2 Å². The summed E-state index contributed by atoms with van der Waals surface area (Å²) in [5.41, 5.74) is 3.26. The van der Waals surface area contributed by atoms with Crippen LogP contribution in [-0.4, -0.2) is 18.7 Å². The Morgan fingerprint density at radius 1 is 1.31 bits per heavy atom. The number of hydrogen-bond donors (Lipinski definition) is 2. The summed E-state index contributed by atoms with van der Waals surface area (Å²) in [6.45, 7) is 2.01. The monoisotopic (exact) mass is 434 g/mol. The van der Waals surface area contributed by atoms with Gasteiger partial charge in [0.05, 0.1) is 13.7 Å².